The zero-order valence-corrected chi connectivity index (χ0v) is 15.9. The number of ether oxygens (including phenoxy) is 3. The fraction of sp³-hybridized carbons (Fsp3) is 0.368. The van der Waals surface area contributed by atoms with E-state index in [4.69, 9.17) is 14.2 Å². The molecule has 0 radical (unpaired) electrons. The molecule has 7 heteroatoms. The lowest BCUT2D eigenvalue weighted by molar-refractivity contribution is 0.171. The van der Waals surface area contributed by atoms with Gasteiger partial charge in [0.15, 0.2) is 11.5 Å². The average Bonchev–Trinajstić information content (AvgIpc) is 2.61. The Morgan fingerprint density at radius 3 is 2.50 bits per heavy atom. The molecular weight excluding hydrogens is 354 g/mol. The monoisotopic (exact) mass is 377 g/mol. The smallest absolute Gasteiger partial charge is 0.240 e. The van der Waals surface area contributed by atoms with Gasteiger partial charge in [-0.15, -0.1) is 0 Å². The van der Waals surface area contributed by atoms with Crippen LogP contribution in [0.15, 0.2) is 41.3 Å². The lowest BCUT2D eigenvalue weighted by atomic mass is 10.2. The Hall–Kier alpha value is -2.25. The highest BCUT2D eigenvalue weighted by molar-refractivity contribution is 7.89. The van der Waals surface area contributed by atoms with Gasteiger partial charge in [-0.2, -0.15) is 0 Å². The standard InChI is InChI=1S/C19H23NO5S/c1-13(2)25-17-7-5-16(10-14(17)3)26(21,22)20-12-15-4-6-18-19(11-15)24-9-8-23-18/h4-7,10-11,13,20H,8-9,12H2,1-3H3. The lowest BCUT2D eigenvalue weighted by Gasteiger charge is -2.19. The molecule has 0 unspecified atom stereocenters. The summed E-state index contributed by atoms with van der Waals surface area (Å²) in [4.78, 5) is 0.212. The highest BCUT2D eigenvalue weighted by Gasteiger charge is 2.17. The highest BCUT2D eigenvalue weighted by Crippen LogP contribution is 2.31. The molecule has 26 heavy (non-hydrogen) atoms. The van der Waals surface area contributed by atoms with Crippen LogP contribution in [0, 0.1) is 6.92 Å². The molecule has 0 saturated heterocycles. The summed E-state index contributed by atoms with van der Waals surface area (Å²) in [6.07, 6.45) is 0.0319. The van der Waals surface area contributed by atoms with E-state index >= 15 is 0 Å². The molecule has 6 nitrogen and oxygen atoms in total. The predicted molar refractivity (Wildman–Crippen MR) is 98.4 cm³/mol. The number of hydrogen-bond acceptors (Lipinski definition) is 5. The Bertz CT molecular complexity index is 893. The van der Waals surface area contributed by atoms with Crippen molar-refractivity contribution >= 4 is 10.0 Å². The molecule has 0 aliphatic carbocycles. The van der Waals surface area contributed by atoms with Gasteiger partial charge in [-0.05, 0) is 62.2 Å². The van der Waals surface area contributed by atoms with Crippen LogP contribution in [-0.2, 0) is 16.6 Å². The molecule has 0 saturated carbocycles. The zero-order chi connectivity index (χ0) is 18.7. The second-order valence-corrected chi connectivity index (χ2v) is 8.16. The Morgan fingerprint density at radius 2 is 1.81 bits per heavy atom. The van der Waals surface area contributed by atoms with Gasteiger partial charge in [0.25, 0.3) is 0 Å². The SMILES string of the molecule is Cc1cc(S(=O)(=O)NCc2ccc3c(c2)OCCO3)ccc1OC(C)C. The van der Waals surface area contributed by atoms with Crippen LogP contribution >= 0.6 is 0 Å². The number of nitrogens with one attached hydrogen (secondary N) is 1. The fourth-order valence-corrected chi connectivity index (χ4v) is 3.74. The molecule has 1 heterocycles. The normalized spacial score (nSPS) is 13.7. The maximum Gasteiger partial charge on any atom is 0.240 e. The molecule has 0 fully saturated rings. The van der Waals surface area contributed by atoms with Gasteiger partial charge in [0.1, 0.15) is 19.0 Å². The summed E-state index contributed by atoms with van der Waals surface area (Å²) in [5, 5.41) is 0. The van der Waals surface area contributed by atoms with Gasteiger partial charge in [0, 0.05) is 6.54 Å². The first-order valence-corrected chi connectivity index (χ1v) is 9.99. The van der Waals surface area contributed by atoms with E-state index in [9.17, 15) is 8.42 Å². The summed E-state index contributed by atoms with van der Waals surface area (Å²) in [6.45, 7) is 6.87. The van der Waals surface area contributed by atoms with Gasteiger partial charge in [-0.1, -0.05) is 6.07 Å². The molecule has 3 rings (SSSR count). The molecule has 0 bridgehead atoms. The molecule has 0 amide bonds. The van der Waals surface area contributed by atoms with E-state index in [0.29, 0.717) is 30.5 Å². The van der Waals surface area contributed by atoms with Crippen LogP contribution in [0.3, 0.4) is 0 Å². The number of benzene rings is 2. The number of fused-ring (bicyclic) bond motifs is 1. The van der Waals surface area contributed by atoms with Crippen LogP contribution in [0.1, 0.15) is 25.0 Å². The summed E-state index contributed by atoms with van der Waals surface area (Å²) >= 11 is 0. The molecule has 140 valence electrons. The van der Waals surface area contributed by atoms with Crippen LogP contribution < -0.4 is 18.9 Å². The number of aryl methyl sites for hydroxylation is 1. The molecule has 1 N–H and O–H groups in total. The van der Waals surface area contributed by atoms with Crippen LogP contribution in [0.2, 0.25) is 0 Å². The second-order valence-electron chi connectivity index (χ2n) is 6.40. The fourth-order valence-electron chi connectivity index (χ4n) is 2.63. The number of hydrogen-bond donors (Lipinski definition) is 1. The summed E-state index contributed by atoms with van der Waals surface area (Å²) in [5.74, 6) is 2.00. The minimum atomic E-state index is -3.63. The van der Waals surface area contributed by atoms with E-state index in [0.717, 1.165) is 11.1 Å². The quantitative estimate of drug-likeness (QED) is 0.838. The van der Waals surface area contributed by atoms with E-state index in [1.165, 1.54) is 0 Å². The van der Waals surface area contributed by atoms with Crippen molar-refractivity contribution in [3.63, 3.8) is 0 Å². The highest BCUT2D eigenvalue weighted by atomic mass is 32.2. The Labute approximate surface area is 154 Å². The van der Waals surface area contributed by atoms with Crippen LogP contribution in [-0.4, -0.2) is 27.7 Å². The van der Waals surface area contributed by atoms with Gasteiger partial charge in [-0.25, -0.2) is 13.1 Å². The molecule has 1 aliphatic rings. The van der Waals surface area contributed by atoms with Crippen molar-refractivity contribution in [1.29, 1.82) is 0 Å². The maximum absolute atomic E-state index is 12.6. The van der Waals surface area contributed by atoms with Crippen molar-refractivity contribution in [2.24, 2.45) is 0 Å². The van der Waals surface area contributed by atoms with Gasteiger partial charge >= 0.3 is 0 Å². The average molecular weight is 377 g/mol. The van der Waals surface area contributed by atoms with Crippen molar-refractivity contribution in [1.82, 2.24) is 4.72 Å². The number of rotatable bonds is 6. The third-order valence-electron chi connectivity index (χ3n) is 3.89. The Balaban J connectivity index is 1.72. The molecule has 2 aromatic rings. The maximum atomic E-state index is 12.6. The zero-order valence-electron chi connectivity index (χ0n) is 15.1. The number of sulfonamides is 1. The summed E-state index contributed by atoms with van der Waals surface area (Å²) < 4.78 is 44.4. The van der Waals surface area contributed by atoms with Crippen molar-refractivity contribution in [2.45, 2.75) is 38.3 Å². The third-order valence-corrected chi connectivity index (χ3v) is 5.29. The van der Waals surface area contributed by atoms with E-state index in [1.807, 2.05) is 26.8 Å². The van der Waals surface area contributed by atoms with E-state index in [1.54, 1.807) is 30.3 Å². The van der Waals surface area contributed by atoms with Gasteiger partial charge < -0.3 is 14.2 Å². The molecule has 1 aliphatic heterocycles. The van der Waals surface area contributed by atoms with E-state index in [2.05, 4.69) is 4.72 Å². The first-order valence-electron chi connectivity index (χ1n) is 8.50. The van der Waals surface area contributed by atoms with E-state index < -0.39 is 10.0 Å². The van der Waals surface area contributed by atoms with E-state index in [-0.39, 0.29) is 17.5 Å². The second kappa shape index (κ2) is 7.55. The lowest BCUT2D eigenvalue weighted by Crippen LogP contribution is -2.23. The summed E-state index contributed by atoms with van der Waals surface area (Å²) in [6, 6.07) is 10.3. The van der Waals surface area contributed by atoms with Gasteiger partial charge in [-0.3, -0.25) is 0 Å². The summed E-state index contributed by atoms with van der Waals surface area (Å²) in [5.41, 5.74) is 1.58. The van der Waals surface area contributed by atoms with Gasteiger partial charge in [0.2, 0.25) is 10.0 Å². The Morgan fingerprint density at radius 1 is 1.08 bits per heavy atom. The Kier molecular flexibility index (Phi) is 5.38. The minimum Gasteiger partial charge on any atom is -0.491 e. The molecule has 0 atom stereocenters. The predicted octanol–water partition coefficient (Wildman–Crippen LogP) is 3.03. The van der Waals surface area contributed by atoms with Crippen LogP contribution in [0.25, 0.3) is 0 Å². The largest absolute Gasteiger partial charge is 0.491 e. The van der Waals surface area contributed by atoms with Crippen molar-refractivity contribution in [3.05, 3.63) is 47.5 Å². The molecule has 0 aromatic heterocycles. The topological polar surface area (TPSA) is 73.9 Å². The molecule has 0 spiro atoms. The van der Waals surface area contributed by atoms with Crippen LogP contribution in [0.5, 0.6) is 17.2 Å². The van der Waals surface area contributed by atoms with Crippen molar-refractivity contribution in [3.8, 4) is 17.2 Å². The molecular formula is C19H23NO5S. The summed E-state index contributed by atoms with van der Waals surface area (Å²) in [7, 11) is -3.63. The minimum absolute atomic E-state index is 0.0319. The third kappa shape index (κ3) is 4.28. The first kappa shape index (κ1) is 18.5. The van der Waals surface area contributed by atoms with Crippen LogP contribution in [0.4, 0.5) is 0 Å². The van der Waals surface area contributed by atoms with Gasteiger partial charge in [0.05, 0.1) is 11.0 Å². The molecule has 2 aromatic carbocycles. The van der Waals surface area contributed by atoms with Crippen molar-refractivity contribution < 1.29 is 22.6 Å². The first-order chi connectivity index (χ1) is 12.3. The van der Waals surface area contributed by atoms with Crippen molar-refractivity contribution in [2.75, 3.05) is 13.2 Å².